The van der Waals surface area contributed by atoms with Crippen LogP contribution in [-0.2, 0) is 16.2 Å². The Morgan fingerprint density at radius 1 is 1.03 bits per heavy atom. The lowest BCUT2D eigenvalue weighted by molar-refractivity contribution is -0.122. The van der Waals surface area contributed by atoms with Crippen molar-refractivity contribution in [1.82, 2.24) is 5.32 Å². The standard InChI is InChI=1S/C27H22BrIN2O5/c1-3-35-23-14-18(13-21(29)24(23)36-15-17-8-10-19(28)11-9-17)12-20-25(32)30-27(34)31(26(20)33)22-7-5-4-6-16(22)2/h4-14H,3,15H2,1-2H3,(H,30,32,34)/b20-12+. The van der Waals surface area contributed by atoms with E-state index in [-0.39, 0.29) is 5.57 Å². The van der Waals surface area contributed by atoms with Crippen molar-refractivity contribution in [2.45, 2.75) is 20.5 Å². The van der Waals surface area contributed by atoms with E-state index in [4.69, 9.17) is 9.47 Å². The summed E-state index contributed by atoms with van der Waals surface area (Å²) in [5.41, 5.74) is 2.55. The van der Waals surface area contributed by atoms with Gasteiger partial charge in [0.1, 0.15) is 12.2 Å². The second-order valence-corrected chi connectivity index (χ2v) is 10.0. The fourth-order valence-electron chi connectivity index (χ4n) is 3.67. The number of benzene rings is 3. The molecule has 0 atom stereocenters. The number of carbonyl (C=O) groups is 3. The summed E-state index contributed by atoms with van der Waals surface area (Å²) in [7, 11) is 0. The highest BCUT2D eigenvalue weighted by atomic mass is 127. The van der Waals surface area contributed by atoms with Gasteiger partial charge in [0, 0.05) is 4.47 Å². The molecule has 4 rings (SSSR count). The molecule has 1 aliphatic rings. The molecule has 3 aromatic carbocycles. The molecule has 9 heteroatoms. The molecule has 36 heavy (non-hydrogen) atoms. The van der Waals surface area contributed by atoms with Gasteiger partial charge in [-0.1, -0.05) is 46.3 Å². The number of barbiturate groups is 1. The van der Waals surface area contributed by atoms with Crippen molar-refractivity contribution in [3.63, 3.8) is 0 Å². The first-order chi connectivity index (χ1) is 17.3. The van der Waals surface area contributed by atoms with Crippen LogP contribution >= 0.6 is 38.5 Å². The lowest BCUT2D eigenvalue weighted by atomic mass is 10.1. The summed E-state index contributed by atoms with van der Waals surface area (Å²) in [6.45, 7) is 4.40. The molecule has 0 aliphatic carbocycles. The Balaban J connectivity index is 1.66. The first-order valence-electron chi connectivity index (χ1n) is 11.1. The SMILES string of the molecule is CCOc1cc(/C=C2\C(=O)NC(=O)N(c3ccccc3C)C2=O)cc(I)c1OCc1ccc(Br)cc1. The number of anilines is 1. The summed E-state index contributed by atoms with van der Waals surface area (Å²) in [5.74, 6) is -0.387. The van der Waals surface area contributed by atoms with E-state index in [1.165, 1.54) is 6.08 Å². The van der Waals surface area contributed by atoms with E-state index in [1.807, 2.05) is 37.3 Å². The number of para-hydroxylation sites is 1. The molecule has 1 heterocycles. The zero-order chi connectivity index (χ0) is 25.8. The van der Waals surface area contributed by atoms with Crippen LogP contribution in [0, 0.1) is 10.5 Å². The summed E-state index contributed by atoms with van der Waals surface area (Å²) < 4.78 is 13.6. The van der Waals surface area contributed by atoms with Gasteiger partial charge in [-0.3, -0.25) is 14.9 Å². The first kappa shape index (κ1) is 25.9. The monoisotopic (exact) mass is 660 g/mol. The Bertz CT molecular complexity index is 1370. The van der Waals surface area contributed by atoms with Crippen LogP contribution in [0.15, 0.2) is 70.7 Å². The quantitative estimate of drug-likeness (QED) is 0.191. The van der Waals surface area contributed by atoms with Crippen LogP contribution in [0.5, 0.6) is 11.5 Å². The van der Waals surface area contributed by atoms with Gasteiger partial charge in [0.25, 0.3) is 11.8 Å². The van der Waals surface area contributed by atoms with Crippen molar-refractivity contribution < 1.29 is 23.9 Å². The normalized spacial score (nSPS) is 14.7. The van der Waals surface area contributed by atoms with E-state index in [2.05, 4.69) is 43.8 Å². The van der Waals surface area contributed by atoms with Crippen LogP contribution < -0.4 is 19.7 Å². The minimum atomic E-state index is -0.780. The topological polar surface area (TPSA) is 84.9 Å². The molecule has 3 aromatic rings. The largest absolute Gasteiger partial charge is 0.490 e. The van der Waals surface area contributed by atoms with E-state index in [0.717, 1.165) is 24.1 Å². The van der Waals surface area contributed by atoms with E-state index in [9.17, 15) is 14.4 Å². The van der Waals surface area contributed by atoms with E-state index >= 15 is 0 Å². The molecule has 0 unspecified atom stereocenters. The zero-order valence-corrected chi connectivity index (χ0v) is 23.3. The van der Waals surface area contributed by atoms with Crippen molar-refractivity contribution in [3.05, 3.63) is 91.0 Å². The summed E-state index contributed by atoms with van der Waals surface area (Å²) in [4.78, 5) is 39.4. The molecule has 0 spiro atoms. The summed E-state index contributed by atoms with van der Waals surface area (Å²) in [6.07, 6.45) is 1.46. The van der Waals surface area contributed by atoms with Gasteiger partial charge in [-0.2, -0.15) is 0 Å². The fourth-order valence-corrected chi connectivity index (χ4v) is 4.71. The molecule has 0 saturated carbocycles. The van der Waals surface area contributed by atoms with Crippen LogP contribution in [0.25, 0.3) is 6.08 Å². The average Bonchev–Trinajstić information content (AvgIpc) is 2.83. The smallest absolute Gasteiger partial charge is 0.335 e. The molecular weight excluding hydrogens is 639 g/mol. The van der Waals surface area contributed by atoms with E-state index < -0.39 is 17.8 Å². The molecule has 4 amide bonds. The van der Waals surface area contributed by atoms with Crippen molar-refractivity contribution in [2.75, 3.05) is 11.5 Å². The van der Waals surface area contributed by atoms with Crippen molar-refractivity contribution >= 4 is 68.1 Å². The predicted molar refractivity (Wildman–Crippen MR) is 149 cm³/mol. The van der Waals surface area contributed by atoms with Gasteiger partial charge in [-0.05, 0) is 89.5 Å². The number of urea groups is 1. The first-order valence-corrected chi connectivity index (χ1v) is 13.0. The number of aryl methyl sites for hydroxylation is 1. The lowest BCUT2D eigenvalue weighted by Crippen LogP contribution is -2.54. The number of rotatable bonds is 7. The molecule has 0 bridgehead atoms. The van der Waals surface area contributed by atoms with Crippen LogP contribution in [-0.4, -0.2) is 24.5 Å². The fraction of sp³-hybridized carbons (Fsp3) is 0.148. The van der Waals surface area contributed by atoms with Gasteiger partial charge in [0.05, 0.1) is 15.9 Å². The van der Waals surface area contributed by atoms with Gasteiger partial charge >= 0.3 is 6.03 Å². The average molecular weight is 661 g/mol. The Labute approximate surface area is 230 Å². The molecule has 1 saturated heterocycles. The number of halogens is 2. The Morgan fingerprint density at radius 3 is 2.44 bits per heavy atom. The number of nitrogens with zero attached hydrogens (tertiary/aromatic N) is 1. The third-order valence-electron chi connectivity index (χ3n) is 5.40. The number of hydrogen-bond acceptors (Lipinski definition) is 5. The van der Waals surface area contributed by atoms with Crippen LogP contribution in [0.4, 0.5) is 10.5 Å². The maximum absolute atomic E-state index is 13.3. The van der Waals surface area contributed by atoms with Gasteiger partial charge in [0.2, 0.25) is 0 Å². The minimum Gasteiger partial charge on any atom is -0.490 e. The van der Waals surface area contributed by atoms with Crippen molar-refractivity contribution in [3.8, 4) is 11.5 Å². The van der Waals surface area contributed by atoms with Gasteiger partial charge in [-0.25, -0.2) is 9.69 Å². The lowest BCUT2D eigenvalue weighted by Gasteiger charge is -2.27. The molecule has 1 aliphatic heterocycles. The molecule has 0 aromatic heterocycles. The Kier molecular flexibility index (Phi) is 8.10. The van der Waals surface area contributed by atoms with Crippen molar-refractivity contribution in [1.29, 1.82) is 0 Å². The van der Waals surface area contributed by atoms with Gasteiger partial charge in [-0.15, -0.1) is 0 Å². The number of imide groups is 2. The molecule has 7 nitrogen and oxygen atoms in total. The van der Waals surface area contributed by atoms with E-state index in [0.29, 0.717) is 36.0 Å². The second-order valence-electron chi connectivity index (χ2n) is 7.92. The summed E-state index contributed by atoms with van der Waals surface area (Å²) in [6, 6.07) is 17.5. The van der Waals surface area contributed by atoms with Gasteiger partial charge in [0.15, 0.2) is 11.5 Å². The highest BCUT2D eigenvalue weighted by Crippen LogP contribution is 2.36. The molecule has 184 valence electrons. The number of carbonyl (C=O) groups excluding carboxylic acids is 3. The third kappa shape index (κ3) is 5.62. The third-order valence-corrected chi connectivity index (χ3v) is 6.73. The van der Waals surface area contributed by atoms with E-state index in [1.54, 1.807) is 37.3 Å². The highest BCUT2D eigenvalue weighted by Gasteiger charge is 2.37. The van der Waals surface area contributed by atoms with Crippen LogP contribution in [0.1, 0.15) is 23.6 Å². The predicted octanol–water partition coefficient (Wildman–Crippen LogP) is 6.01. The highest BCUT2D eigenvalue weighted by molar-refractivity contribution is 14.1. The Morgan fingerprint density at radius 2 is 1.75 bits per heavy atom. The van der Waals surface area contributed by atoms with Gasteiger partial charge < -0.3 is 9.47 Å². The summed E-state index contributed by atoms with van der Waals surface area (Å²) in [5, 5.41) is 2.26. The number of hydrogen-bond donors (Lipinski definition) is 1. The molecule has 1 fully saturated rings. The maximum Gasteiger partial charge on any atom is 0.335 e. The second kappa shape index (κ2) is 11.3. The molecular formula is C27H22BrIN2O5. The number of ether oxygens (including phenoxy) is 2. The summed E-state index contributed by atoms with van der Waals surface area (Å²) >= 11 is 5.56. The molecule has 1 N–H and O–H groups in total. The Hall–Kier alpha value is -3.18. The van der Waals surface area contributed by atoms with Crippen LogP contribution in [0.3, 0.4) is 0 Å². The zero-order valence-electron chi connectivity index (χ0n) is 19.5. The molecule has 0 radical (unpaired) electrons. The maximum atomic E-state index is 13.3. The van der Waals surface area contributed by atoms with Crippen LogP contribution in [0.2, 0.25) is 0 Å². The number of amides is 4. The number of nitrogens with one attached hydrogen (secondary N) is 1. The van der Waals surface area contributed by atoms with Crippen molar-refractivity contribution in [2.24, 2.45) is 0 Å². The minimum absolute atomic E-state index is 0.153.